The Balaban J connectivity index is 2.03. The lowest BCUT2D eigenvalue weighted by molar-refractivity contribution is -0.298. The minimum atomic E-state index is -1.48. The average Bonchev–Trinajstić information content (AvgIpc) is 2.69. The Morgan fingerprint density at radius 1 is 0.963 bits per heavy atom. The lowest BCUT2D eigenvalue weighted by Crippen LogP contribution is -2.59. The number of rotatable bonds is 8. The molecular weight excluding hydrogens is 360 g/mol. The van der Waals surface area contributed by atoms with Crippen LogP contribution in [0.25, 0.3) is 6.08 Å². The Kier molecular flexibility index (Phi) is 7.84. The maximum atomic E-state index is 9.93. The standard InChI is InChI=1S/C18H26O9/c1-23-11-7-6-10(16(24-2)17(11)25-3)5-4-8-26-18-15(22)14(21)13(20)12(9-19)27-18/h4-7,12-15,18-22H,8-9H2,1-3H3/t12-,13-,14+,15-,18+/m1/s1. The molecule has 1 fully saturated rings. The van der Waals surface area contributed by atoms with Gasteiger partial charge in [0.2, 0.25) is 5.75 Å². The van der Waals surface area contributed by atoms with Crippen LogP contribution < -0.4 is 14.2 Å². The summed E-state index contributed by atoms with van der Waals surface area (Å²) in [5, 5.41) is 38.6. The topological polar surface area (TPSA) is 127 Å². The third-order valence-electron chi connectivity index (χ3n) is 4.24. The molecule has 0 radical (unpaired) electrons. The van der Waals surface area contributed by atoms with Crippen molar-refractivity contribution in [2.24, 2.45) is 0 Å². The van der Waals surface area contributed by atoms with E-state index in [2.05, 4.69) is 0 Å². The van der Waals surface area contributed by atoms with Gasteiger partial charge in [-0.1, -0.05) is 12.2 Å². The highest BCUT2D eigenvalue weighted by atomic mass is 16.7. The van der Waals surface area contributed by atoms with Crippen molar-refractivity contribution in [3.63, 3.8) is 0 Å². The van der Waals surface area contributed by atoms with Gasteiger partial charge in [-0.25, -0.2) is 0 Å². The minimum absolute atomic E-state index is 0.0419. The fraction of sp³-hybridized carbons (Fsp3) is 0.556. The molecule has 1 saturated heterocycles. The van der Waals surface area contributed by atoms with Gasteiger partial charge in [0, 0.05) is 5.56 Å². The predicted octanol–water partition coefficient (Wildman–Crippen LogP) is -0.458. The van der Waals surface area contributed by atoms with Crippen LogP contribution >= 0.6 is 0 Å². The van der Waals surface area contributed by atoms with Crippen molar-refractivity contribution in [1.29, 1.82) is 0 Å². The van der Waals surface area contributed by atoms with Crippen molar-refractivity contribution < 1.29 is 44.1 Å². The quantitative estimate of drug-likeness (QED) is 0.469. The summed E-state index contributed by atoms with van der Waals surface area (Å²) >= 11 is 0. The second kappa shape index (κ2) is 9.88. The molecule has 0 spiro atoms. The minimum Gasteiger partial charge on any atom is -0.493 e. The van der Waals surface area contributed by atoms with Gasteiger partial charge in [-0.15, -0.1) is 0 Å². The Hall–Kier alpha value is -1.88. The van der Waals surface area contributed by atoms with Crippen molar-refractivity contribution >= 4 is 6.08 Å². The zero-order valence-electron chi connectivity index (χ0n) is 15.4. The summed E-state index contributed by atoms with van der Waals surface area (Å²) < 4.78 is 26.6. The highest BCUT2D eigenvalue weighted by Gasteiger charge is 2.43. The van der Waals surface area contributed by atoms with Crippen LogP contribution in [0, 0.1) is 0 Å². The largest absolute Gasteiger partial charge is 0.493 e. The molecule has 0 aliphatic carbocycles. The number of benzene rings is 1. The lowest BCUT2D eigenvalue weighted by atomic mass is 9.99. The van der Waals surface area contributed by atoms with Gasteiger partial charge in [0.05, 0.1) is 34.5 Å². The van der Waals surface area contributed by atoms with Crippen LogP contribution in [0.15, 0.2) is 18.2 Å². The molecule has 1 aliphatic rings. The number of hydrogen-bond acceptors (Lipinski definition) is 9. The summed E-state index contributed by atoms with van der Waals surface area (Å²) in [5.41, 5.74) is 0.715. The third kappa shape index (κ3) is 4.70. The lowest BCUT2D eigenvalue weighted by Gasteiger charge is -2.39. The fourth-order valence-corrected chi connectivity index (χ4v) is 2.79. The van der Waals surface area contributed by atoms with E-state index in [1.807, 2.05) is 0 Å². The highest BCUT2D eigenvalue weighted by molar-refractivity contribution is 5.66. The normalized spacial score (nSPS) is 28.3. The zero-order chi connectivity index (χ0) is 20.0. The van der Waals surface area contributed by atoms with E-state index in [-0.39, 0.29) is 6.61 Å². The number of ether oxygens (including phenoxy) is 5. The summed E-state index contributed by atoms with van der Waals surface area (Å²) in [7, 11) is 4.55. The molecule has 1 aliphatic heterocycles. The van der Waals surface area contributed by atoms with Crippen molar-refractivity contribution in [2.45, 2.75) is 30.7 Å². The molecule has 152 valence electrons. The van der Waals surface area contributed by atoms with Gasteiger partial charge < -0.3 is 44.1 Å². The first-order valence-electron chi connectivity index (χ1n) is 8.36. The summed E-state index contributed by atoms with van der Waals surface area (Å²) in [6, 6.07) is 3.52. The van der Waals surface area contributed by atoms with E-state index in [4.69, 9.17) is 23.7 Å². The summed E-state index contributed by atoms with van der Waals surface area (Å²) in [6.45, 7) is -0.469. The SMILES string of the molecule is COc1ccc(C=CCO[C@H]2O[C@H](CO)[C@@H](O)[C@H](O)[C@H]2O)c(OC)c1OC. The van der Waals surface area contributed by atoms with Gasteiger partial charge in [0.25, 0.3) is 0 Å². The molecule has 0 bridgehead atoms. The second-order valence-electron chi connectivity index (χ2n) is 5.86. The summed E-state index contributed by atoms with van der Waals surface area (Å²) in [5.74, 6) is 1.47. The van der Waals surface area contributed by atoms with Gasteiger partial charge in [-0.05, 0) is 12.1 Å². The Bertz CT molecular complexity index is 632. The van der Waals surface area contributed by atoms with Crippen LogP contribution in [0.2, 0.25) is 0 Å². The first-order valence-corrected chi connectivity index (χ1v) is 8.36. The smallest absolute Gasteiger partial charge is 0.203 e. The molecule has 1 heterocycles. The van der Waals surface area contributed by atoms with Crippen LogP contribution in [0.4, 0.5) is 0 Å². The van der Waals surface area contributed by atoms with E-state index in [1.165, 1.54) is 21.3 Å². The Morgan fingerprint density at radius 2 is 1.67 bits per heavy atom. The van der Waals surface area contributed by atoms with Gasteiger partial charge in [0.15, 0.2) is 17.8 Å². The van der Waals surface area contributed by atoms with E-state index < -0.39 is 37.3 Å². The van der Waals surface area contributed by atoms with Gasteiger partial charge in [0.1, 0.15) is 24.4 Å². The van der Waals surface area contributed by atoms with Gasteiger partial charge in [-0.2, -0.15) is 0 Å². The molecule has 9 nitrogen and oxygen atoms in total. The molecule has 27 heavy (non-hydrogen) atoms. The third-order valence-corrected chi connectivity index (χ3v) is 4.24. The van der Waals surface area contributed by atoms with Crippen molar-refractivity contribution in [3.05, 3.63) is 23.8 Å². The van der Waals surface area contributed by atoms with Crippen LogP contribution in [0.3, 0.4) is 0 Å². The molecule has 4 N–H and O–H groups in total. The Labute approximate surface area is 157 Å². The maximum absolute atomic E-state index is 9.93. The van der Waals surface area contributed by atoms with Crippen LogP contribution in [-0.4, -0.2) is 85.7 Å². The summed E-state index contributed by atoms with van der Waals surface area (Å²) in [6.07, 6.45) is -3.14. The van der Waals surface area contributed by atoms with E-state index in [0.717, 1.165) is 0 Å². The van der Waals surface area contributed by atoms with Crippen LogP contribution in [0.1, 0.15) is 5.56 Å². The first-order chi connectivity index (χ1) is 13.0. The molecule has 1 aromatic rings. The molecule has 0 unspecified atom stereocenters. The van der Waals surface area contributed by atoms with Crippen molar-refractivity contribution in [1.82, 2.24) is 0 Å². The van der Waals surface area contributed by atoms with E-state index in [9.17, 15) is 20.4 Å². The highest BCUT2D eigenvalue weighted by Crippen LogP contribution is 2.40. The molecule has 0 amide bonds. The molecule has 1 aromatic carbocycles. The monoisotopic (exact) mass is 386 g/mol. The maximum Gasteiger partial charge on any atom is 0.203 e. The molecule has 0 saturated carbocycles. The predicted molar refractivity (Wildman–Crippen MR) is 94.9 cm³/mol. The van der Waals surface area contributed by atoms with E-state index >= 15 is 0 Å². The number of aliphatic hydroxyl groups excluding tert-OH is 4. The van der Waals surface area contributed by atoms with Crippen molar-refractivity contribution in [2.75, 3.05) is 34.5 Å². The zero-order valence-corrected chi connectivity index (χ0v) is 15.4. The molecule has 5 atom stereocenters. The molecule has 9 heteroatoms. The van der Waals surface area contributed by atoms with E-state index in [0.29, 0.717) is 22.8 Å². The van der Waals surface area contributed by atoms with Crippen LogP contribution in [0.5, 0.6) is 17.2 Å². The van der Waals surface area contributed by atoms with E-state index in [1.54, 1.807) is 24.3 Å². The number of hydrogen-bond donors (Lipinski definition) is 4. The number of aliphatic hydroxyl groups is 4. The molecular formula is C18H26O9. The fourth-order valence-electron chi connectivity index (χ4n) is 2.79. The first kappa shape index (κ1) is 21.4. The molecule has 0 aromatic heterocycles. The number of methoxy groups -OCH3 is 3. The summed E-state index contributed by atoms with van der Waals surface area (Å²) in [4.78, 5) is 0. The van der Waals surface area contributed by atoms with Crippen molar-refractivity contribution in [3.8, 4) is 17.2 Å². The molecule has 2 rings (SSSR count). The van der Waals surface area contributed by atoms with Gasteiger partial charge >= 0.3 is 0 Å². The Morgan fingerprint density at radius 3 is 2.26 bits per heavy atom. The van der Waals surface area contributed by atoms with Gasteiger partial charge in [-0.3, -0.25) is 0 Å². The second-order valence-corrected chi connectivity index (χ2v) is 5.86. The van der Waals surface area contributed by atoms with Crippen LogP contribution in [-0.2, 0) is 9.47 Å². The average molecular weight is 386 g/mol.